The van der Waals surface area contributed by atoms with Gasteiger partial charge in [0.05, 0.1) is 7.11 Å². The highest BCUT2D eigenvalue weighted by Gasteiger charge is 2.41. The molecule has 0 fully saturated rings. The third-order valence-electron chi connectivity index (χ3n) is 5.82. The van der Waals surface area contributed by atoms with E-state index < -0.39 is 0 Å². The van der Waals surface area contributed by atoms with Crippen molar-refractivity contribution in [3.63, 3.8) is 0 Å². The van der Waals surface area contributed by atoms with Crippen LogP contribution in [0, 0.1) is 0 Å². The number of fused-ring (bicyclic) bond motifs is 1. The van der Waals surface area contributed by atoms with E-state index in [1.807, 2.05) is 38.4 Å². The second kappa shape index (κ2) is 9.12. The molecule has 0 spiro atoms. The Morgan fingerprint density at radius 2 is 1.74 bits per heavy atom. The van der Waals surface area contributed by atoms with Crippen molar-refractivity contribution in [2.75, 3.05) is 38.0 Å². The van der Waals surface area contributed by atoms with Crippen LogP contribution in [0.5, 0.6) is 0 Å². The standard InChI is InChI=1S/C25H26BrN3O2/c1-28(2)20-12-9-18(10-13-20)25-27-22-14-11-19(26)15-21(22)24(17-7-5-4-6-8-17)29(25)16-23(30)31-3/h4-15,24-25,27H,16H2,1-3H3/p+1/t24-,25+/m0/s1. The molecule has 0 aromatic heterocycles. The van der Waals surface area contributed by atoms with Crippen LogP contribution < -0.4 is 15.1 Å². The Bertz CT molecular complexity index is 1050. The quantitative estimate of drug-likeness (QED) is 0.545. The lowest BCUT2D eigenvalue weighted by atomic mass is 9.91. The van der Waals surface area contributed by atoms with Crippen LogP contribution in [0.3, 0.4) is 0 Å². The zero-order valence-electron chi connectivity index (χ0n) is 17.9. The molecular formula is C25H27BrN3O2+. The molecule has 0 saturated heterocycles. The minimum atomic E-state index is -0.230. The predicted octanol–water partition coefficient (Wildman–Crippen LogP) is 3.79. The van der Waals surface area contributed by atoms with Crippen molar-refractivity contribution in [2.24, 2.45) is 0 Å². The fourth-order valence-corrected chi connectivity index (χ4v) is 4.64. The lowest BCUT2D eigenvalue weighted by Crippen LogP contribution is -3.15. The molecule has 4 rings (SSSR count). The van der Waals surface area contributed by atoms with Crippen molar-refractivity contribution in [1.82, 2.24) is 0 Å². The van der Waals surface area contributed by atoms with Gasteiger partial charge in [0, 0.05) is 46.6 Å². The first kappa shape index (κ1) is 21.4. The molecule has 31 heavy (non-hydrogen) atoms. The van der Waals surface area contributed by atoms with Crippen LogP contribution in [0.4, 0.5) is 11.4 Å². The van der Waals surface area contributed by atoms with Crippen LogP contribution in [0.25, 0.3) is 0 Å². The number of hydrogen-bond acceptors (Lipinski definition) is 4. The molecule has 5 nitrogen and oxygen atoms in total. The minimum absolute atomic E-state index is 0.0208. The van der Waals surface area contributed by atoms with Gasteiger partial charge in [-0.2, -0.15) is 0 Å². The fourth-order valence-electron chi connectivity index (χ4n) is 4.26. The summed E-state index contributed by atoms with van der Waals surface area (Å²) < 4.78 is 6.09. The SMILES string of the molecule is COC(=O)C[NH+]1[C@@H](c2ccccc2)c2cc(Br)ccc2N[C@H]1c1ccc(N(C)C)cc1. The number of anilines is 2. The first-order valence-electron chi connectivity index (χ1n) is 10.3. The monoisotopic (exact) mass is 480 g/mol. The number of ether oxygens (including phenoxy) is 1. The third kappa shape index (κ3) is 4.45. The Morgan fingerprint density at radius 3 is 2.39 bits per heavy atom. The molecule has 3 aromatic rings. The summed E-state index contributed by atoms with van der Waals surface area (Å²) in [6, 6.07) is 25.1. The van der Waals surface area contributed by atoms with Crippen LogP contribution >= 0.6 is 15.9 Å². The number of carbonyl (C=O) groups excluding carboxylic acids is 1. The Balaban J connectivity index is 1.85. The largest absolute Gasteiger partial charge is 0.465 e. The maximum absolute atomic E-state index is 12.5. The van der Waals surface area contributed by atoms with Crippen LogP contribution in [-0.4, -0.2) is 33.7 Å². The summed E-state index contributed by atoms with van der Waals surface area (Å²) in [6.07, 6.45) is -0.103. The smallest absolute Gasteiger partial charge is 0.361 e. The van der Waals surface area contributed by atoms with Crippen LogP contribution in [0.1, 0.15) is 28.9 Å². The molecule has 0 aliphatic carbocycles. The summed E-state index contributed by atoms with van der Waals surface area (Å²) in [4.78, 5) is 15.6. The lowest BCUT2D eigenvalue weighted by molar-refractivity contribution is -0.947. The summed E-state index contributed by atoms with van der Waals surface area (Å²) in [5.74, 6) is -0.230. The van der Waals surface area contributed by atoms with Crippen molar-refractivity contribution in [3.05, 3.63) is 94.0 Å². The van der Waals surface area contributed by atoms with Gasteiger partial charge in [0.15, 0.2) is 12.7 Å². The van der Waals surface area contributed by atoms with Gasteiger partial charge in [0.25, 0.3) is 0 Å². The number of esters is 1. The van der Waals surface area contributed by atoms with Gasteiger partial charge in [0.2, 0.25) is 0 Å². The van der Waals surface area contributed by atoms with E-state index in [0.29, 0.717) is 0 Å². The second-order valence-electron chi connectivity index (χ2n) is 7.97. The molecule has 1 aliphatic heterocycles. The zero-order valence-corrected chi connectivity index (χ0v) is 19.5. The number of hydrogen-bond donors (Lipinski definition) is 2. The summed E-state index contributed by atoms with van der Waals surface area (Å²) >= 11 is 3.62. The molecule has 1 aliphatic rings. The molecular weight excluding hydrogens is 454 g/mol. The van der Waals surface area contributed by atoms with Gasteiger partial charge in [-0.25, -0.2) is 4.79 Å². The first-order valence-corrected chi connectivity index (χ1v) is 11.1. The number of halogens is 1. The van der Waals surface area contributed by atoms with E-state index in [-0.39, 0.29) is 24.7 Å². The van der Waals surface area contributed by atoms with Crippen molar-refractivity contribution in [2.45, 2.75) is 12.2 Å². The molecule has 3 aromatic carbocycles. The highest BCUT2D eigenvalue weighted by atomic mass is 79.9. The Kier molecular flexibility index (Phi) is 6.30. The van der Waals surface area contributed by atoms with E-state index in [1.54, 1.807) is 0 Å². The summed E-state index contributed by atoms with van der Waals surface area (Å²) in [6.45, 7) is 0.245. The predicted molar refractivity (Wildman–Crippen MR) is 127 cm³/mol. The number of quaternary nitrogens is 1. The molecule has 6 heteroatoms. The van der Waals surface area contributed by atoms with Gasteiger partial charge in [-0.15, -0.1) is 0 Å². The normalized spacial score (nSPS) is 19.8. The van der Waals surface area contributed by atoms with E-state index in [4.69, 9.17) is 4.74 Å². The lowest BCUT2D eigenvalue weighted by Gasteiger charge is -2.41. The van der Waals surface area contributed by atoms with Gasteiger partial charge in [-0.3, -0.25) is 4.90 Å². The van der Waals surface area contributed by atoms with E-state index in [9.17, 15) is 4.79 Å². The average molecular weight is 481 g/mol. The van der Waals surface area contributed by atoms with Gasteiger partial charge >= 0.3 is 5.97 Å². The molecule has 1 unspecified atom stereocenters. The second-order valence-corrected chi connectivity index (χ2v) is 8.88. The molecule has 1 heterocycles. The Labute approximate surface area is 191 Å². The number of benzene rings is 3. The van der Waals surface area contributed by atoms with Crippen molar-refractivity contribution in [1.29, 1.82) is 0 Å². The van der Waals surface area contributed by atoms with Gasteiger partial charge < -0.3 is 15.0 Å². The maximum atomic E-state index is 12.5. The summed E-state index contributed by atoms with van der Waals surface area (Å²) in [5, 5.41) is 3.69. The molecule has 160 valence electrons. The molecule has 0 saturated carbocycles. The fraction of sp³-hybridized carbons (Fsp3) is 0.240. The Hall–Kier alpha value is -2.83. The van der Waals surface area contributed by atoms with Gasteiger partial charge in [-0.05, 0) is 42.5 Å². The summed E-state index contributed by atoms with van der Waals surface area (Å²) in [7, 11) is 5.51. The number of rotatable bonds is 5. The van der Waals surface area contributed by atoms with E-state index in [0.717, 1.165) is 37.4 Å². The average Bonchev–Trinajstić information content (AvgIpc) is 2.79. The minimum Gasteiger partial charge on any atom is -0.465 e. The van der Waals surface area contributed by atoms with E-state index >= 15 is 0 Å². The van der Waals surface area contributed by atoms with Gasteiger partial charge in [0.1, 0.15) is 6.04 Å². The van der Waals surface area contributed by atoms with Gasteiger partial charge in [-0.1, -0.05) is 46.3 Å². The zero-order chi connectivity index (χ0) is 22.0. The van der Waals surface area contributed by atoms with Crippen molar-refractivity contribution >= 4 is 33.3 Å². The van der Waals surface area contributed by atoms with Crippen molar-refractivity contribution < 1.29 is 14.4 Å². The van der Waals surface area contributed by atoms with Crippen LogP contribution in [0.15, 0.2) is 77.3 Å². The van der Waals surface area contributed by atoms with E-state index in [2.05, 4.69) is 74.7 Å². The number of methoxy groups -OCH3 is 1. The highest BCUT2D eigenvalue weighted by molar-refractivity contribution is 9.10. The van der Waals surface area contributed by atoms with Crippen LogP contribution in [0.2, 0.25) is 0 Å². The van der Waals surface area contributed by atoms with E-state index in [1.165, 1.54) is 7.11 Å². The highest BCUT2D eigenvalue weighted by Crippen LogP contribution is 2.35. The Morgan fingerprint density at radius 1 is 1.03 bits per heavy atom. The number of nitrogens with one attached hydrogen (secondary N) is 2. The number of nitrogens with zero attached hydrogens (tertiary/aromatic N) is 1. The molecule has 2 N–H and O–H groups in total. The first-order chi connectivity index (χ1) is 15.0. The third-order valence-corrected chi connectivity index (χ3v) is 6.31. The maximum Gasteiger partial charge on any atom is 0.361 e. The number of carbonyl (C=O) groups is 1. The molecule has 0 radical (unpaired) electrons. The van der Waals surface area contributed by atoms with Crippen LogP contribution in [-0.2, 0) is 9.53 Å². The molecule has 0 amide bonds. The topological polar surface area (TPSA) is 46.0 Å². The molecule has 0 bridgehead atoms. The molecule has 3 atom stereocenters. The summed E-state index contributed by atoms with van der Waals surface area (Å²) in [5.41, 5.74) is 5.65. The van der Waals surface area contributed by atoms with Crippen molar-refractivity contribution in [3.8, 4) is 0 Å².